The van der Waals surface area contributed by atoms with Gasteiger partial charge in [0.25, 0.3) is 0 Å². The monoisotopic (exact) mass is 518 g/mol. The third kappa shape index (κ3) is 6.23. The van der Waals surface area contributed by atoms with Crippen molar-refractivity contribution in [3.05, 3.63) is 60.3 Å². The number of amides is 2. The van der Waals surface area contributed by atoms with Crippen LogP contribution in [-0.2, 0) is 25.5 Å². The van der Waals surface area contributed by atoms with Crippen LogP contribution in [0.3, 0.4) is 0 Å². The number of H-pyrrole nitrogens is 1. The van der Waals surface area contributed by atoms with Gasteiger partial charge in [0.05, 0.1) is 11.6 Å². The number of hydrogen-bond acceptors (Lipinski definition) is 7. The zero-order valence-electron chi connectivity index (χ0n) is 21.4. The zero-order valence-corrected chi connectivity index (χ0v) is 21.4. The molecule has 198 valence electrons. The van der Waals surface area contributed by atoms with Crippen LogP contribution in [0.5, 0.6) is 0 Å². The molecule has 0 saturated heterocycles. The quantitative estimate of drug-likeness (QED) is 0.273. The summed E-state index contributed by atoms with van der Waals surface area (Å²) in [5, 5.41) is 14.2. The average Bonchev–Trinajstić information content (AvgIpc) is 3.49. The first kappa shape index (κ1) is 26.5. The maximum absolute atomic E-state index is 13.3. The van der Waals surface area contributed by atoms with Gasteiger partial charge in [-0.1, -0.05) is 35.5 Å². The molecule has 0 radical (unpaired) electrons. The lowest BCUT2D eigenvalue weighted by Gasteiger charge is -2.23. The van der Waals surface area contributed by atoms with Crippen molar-refractivity contribution >= 4 is 45.6 Å². The predicted octanol–water partition coefficient (Wildman–Crippen LogP) is 2.52. The van der Waals surface area contributed by atoms with Crippen molar-refractivity contribution in [3.63, 3.8) is 0 Å². The van der Waals surface area contributed by atoms with Gasteiger partial charge in [-0.3, -0.25) is 14.4 Å². The molecule has 0 bridgehead atoms. The number of fused-ring (bicyclic) bond motifs is 2. The fraction of sp³-hybridized carbons (Fsp3) is 0.333. The minimum absolute atomic E-state index is 0.0236. The molecular weight excluding hydrogens is 488 g/mol. The summed E-state index contributed by atoms with van der Waals surface area (Å²) in [6.45, 7) is 4.71. The number of hydrogen-bond donors (Lipinski definition) is 3. The Morgan fingerprint density at radius 3 is 2.50 bits per heavy atom. The second-order valence-corrected chi connectivity index (χ2v) is 9.29. The SMILES string of the molecule is CC(=O)N[C@@H](Cc1c[nH]c2ccccc12)C(=O)N[C@@H](CCC(=O)n1nnc2ccccc21)C(=O)OC(C)C. The van der Waals surface area contributed by atoms with Crippen molar-refractivity contribution in [1.29, 1.82) is 0 Å². The van der Waals surface area contributed by atoms with Crippen molar-refractivity contribution in [2.24, 2.45) is 0 Å². The van der Waals surface area contributed by atoms with E-state index in [0.29, 0.717) is 11.0 Å². The van der Waals surface area contributed by atoms with Gasteiger partial charge < -0.3 is 20.4 Å². The highest BCUT2D eigenvalue weighted by Crippen LogP contribution is 2.19. The Balaban J connectivity index is 1.50. The molecule has 2 heterocycles. The van der Waals surface area contributed by atoms with Gasteiger partial charge >= 0.3 is 5.97 Å². The third-order valence-corrected chi connectivity index (χ3v) is 5.98. The first-order valence-electron chi connectivity index (χ1n) is 12.4. The minimum Gasteiger partial charge on any atom is -0.461 e. The first-order valence-corrected chi connectivity index (χ1v) is 12.4. The average molecular weight is 519 g/mol. The smallest absolute Gasteiger partial charge is 0.328 e. The molecule has 0 spiro atoms. The Morgan fingerprint density at radius 2 is 1.74 bits per heavy atom. The van der Waals surface area contributed by atoms with E-state index in [1.54, 1.807) is 44.3 Å². The topological polar surface area (TPSA) is 148 Å². The van der Waals surface area contributed by atoms with Crippen molar-refractivity contribution < 1.29 is 23.9 Å². The van der Waals surface area contributed by atoms with E-state index in [1.807, 2.05) is 24.3 Å². The molecule has 4 aromatic rings. The van der Waals surface area contributed by atoms with Crippen LogP contribution in [0.25, 0.3) is 21.9 Å². The zero-order chi connectivity index (χ0) is 27.2. The van der Waals surface area contributed by atoms with Gasteiger partial charge in [-0.15, -0.1) is 5.10 Å². The van der Waals surface area contributed by atoms with Crippen LogP contribution >= 0.6 is 0 Å². The molecule has 2 aromatic heterocycles. The van der Waals surface area contributed by atoms with E-state index in [2.05, 4.69) is 25.9 Å². The van der Waals surface area contributed by atoms with E-state index in [0.717, 1.165) is 16.5 Å². The molecule has 0 aliphatic carbocycles. The molecule has 2 aromatic carbocycles. The molecule has 2 atom stereocenters. The molecule has 0 saturated carbocycles. The van der Waals surface area contributed by atoms with Crippen LogP contribution in [0.4, 0.5) is 0 Å². The van der Waals surface area contributed by atoms with E-state index in [9.17, 15) is 19.2 Å². The van der Waals surface area contributed by atoms with E-state index >= 15 is 0 Å². The van der Waals surface area contributed by atoms with Crippen molar-refractivity contribution in [1.82, 2.24) is 30.6 Å². The molecule has 11 nitrogen and oxygen atoms in total. The summed E-state index contributed by atoms with van der Waals surface area (Å²) in [5.41, 5.74) is 2.86. The van der Waals surface area contributed by atoms with Gasteiger partial charge in [0, 0.05) is 36.9 Å². The molecule has 3 N–H and O–H groups in total. The molecular formula is C27H30N6O5. The second-order valence-electron chi connectivity index (χ2n) is 9.29. The minimum atomic E-state index is -1.11. The van der Waals surface area contributed by atoms with Crippen LogP contribution in [0.1, 0.15) is 44.0 Å². The molecule has 2 amide bonds. The van der Waals surface area contributed by atoms with Gasteiger partial charge in [0.2, 0.25) is 17.7 Å². The highest BCUT2D eigenvalue weighted by atomic mass is 16.5. The maximum atomic E-state index is 13.3. The number of rotatable bonds is 10. The fourth-order valence-electron chi connectivity index (χ4n) is 4.24. The molecule has 4 rings (SSSR count). The van der Waals surface area contributed by atoms with Crippen molar-refractivity contribution in [2.75, 3.05) is 0 Å². The lowest BCUT2D eigenvalue weighted by Crippen LogP contribution is -2.52. The Bertz CT molecular complexity index is 1470. The van der Waals surface area contributed by atoms with Crippen molar-refractivity contribution in [2.45, 2.75) is 58.2 Å². The Labute approximate surface area is 218 Å². The van der Waals surface area contributed by atoms with Gasteiger partial charge in [-0.05, 0) is 44.0 Å². The summed E-state index contributed by atoms with van der Waals surface area (Å²) in [7, 11) is 0. The predicted molar refractivity (Wildman–Crippen MR) is 140 cm³/mol. The van der Waals surface area contributed by atoms with Crippen LogP contribution in [0.15, 0.2) is 54.7 Å². The molecule has 0 unspecified atom stereocenters. The number of aromatic amines is 1. The first-order chi connectivity index (χ1) is 18.2. The third-order valence-electron chi connectivity index (χ3n) is 5.98. The number of nitrogens with one attached hydrogen (secondary N) is 3. The summed E-state index contributed by atoms with van der Waals surface area (Å²) in [5.74, 6) is -2.00. The van der Waals surface area contributed by atoms with Crippen molar-refractivity contribution in [3.8, 4) is 0 Å². The molecule has 11 heteroatoms. The fourth-order valence-corrected chi connectivity index (χ4v) is 4.24. The Kier molecular flexibility index (Phi) is 8.15. The Hall–Kier alpha value is -4.54. The van der Waals surface area contributed by atoms with Gasteiger partial charge in [-0.25, -0.2) is 4.79 Å². The number of esters is 1. The molecule has 0 fully saturated rings. The van der Waals surface area contributed by atoms with Gasteiger partial charge in [0.15, 0.2) is 0 Å². The number of carbonyl (C=O) groups excluding carboxylic acids is 4. The summed E-state index contributed by atoms with van der Waals surface area (Å²) in [6.07, 6.45) is 1.45. The second kappa shape index (κ2) is 11.7. The lowest BCUT2D eigenvalue weighted by atomic mass is 10.0. The summed E-state index contributed by atoms with van der Waals surface area (Å²) in [6, 6.07) is 12.6. The summed E-state index contributed by atoms with van der Waals surface area (Å²) < 4.78 is 6.52. The van der Waals surface area contributed by atoms with E-state index < -0.39 is 30.1 Å². The maximum Gasteiger partial charge on any atom is 0.328 e. The van der Waals surface area contributed by atoms with E-state index in [-0.39, 0.29) is 31.1 Å². The summed E-state index contributed by atoms with van der Waals surface area (Å²) in [4.78, 5) is 54.2. The number of nitrogens with zero attached hydrogens (tertiary/aromatic N) is 3. The Morgan fingerprint density at radius 1 is 1.00 bits per heavy atom. The van der Waals surface area contributed by atoms with Gasteiger partial charge in [0.1, 0.15) is 17.6 Å². The van der Waals surface area contributed by atoms with Crippen LogP contribution in [0, 0.1) is 0 Å². The molecule has 38 heavy (non-hydrogen) atoms. The lowest BCUT2D eigenvalue weighted by molar-refractivity contribution is -0.151. The number of ether oxygens (including phenoxy) is 1. The van der Waals surface area contributed by atoms with Crippen LogP contribution < -0.4 is 10.6 Å². The normalized spacial score (nSPS) is 12.8. The number of benzene rings is 2. The van der Waals surface area contributed by atoms with E-state index in [4.69, 9.17) is 4.74 Å². The number of para-hydroxylation sites is 2. The molecule has 0 aliphatic rings. The number of carbonyl (C=O) groups is 4. The largest absolute Gasteiger partial charge is 0.461 e. The highest BCUT2D eigenvalue weighted by Gasteiger charge is 2.29. The molecule has 0 aliphatic heterocycles. The number of aromatic nitrogens is 4. The highest BCUT2D eigenvalue weighted by molar-refractivity contribution is 5.92. The van der Waals surface area contributed by atoms with Crippen LogP contribution in [0.2, 0.25) is 0 Å². The van der Waals surface area contributed by atoms with Crippen LogP contribution in [-0.4, -0.2) is 61.9 Å². The van der Waals surface area contributed by atoms with E-state index in [1.165, 1.54) is 11.6 Å². The summed E-state index contributed by atoms with van der Waals surface area (Å²) >= 11 is 0. The standard InChI is InChI=1S/C27H30N6O5/c1-16(2)38-27(37)22(12-13-25(35)33-24-11-7-6-10-21(24)31-32-33)30-26(36)23(29-17(3)34)14-18-15-28-20-9-5-4-8-19(18)20/h4-11,15-16,22-23,28H,12-14H2,1-3H3,(H,29,34)(H,30,36)/t22-,23-/m0/s1. The van der Waals surface area contributed by atoms with Gasteiger partial charge in [-0.2, -0.15) is 4.68 Å².